The molecule has 2 bridgehead atoms. The van der Waals surface area contributed by atoms with Crippen molar-refractivity contribution in [1.29, 1.82) is 0 Å². The van der Waals surface area contributed by atoms with Gasteiger partial charge in [-0.15, -0.1) is 0 Å². The predicted octanol–water partition coefficient (Wildman–Crippen LogP) is 3.48. The van der Waals surface area contributed by atoms with Crippen molar-refractivity contribution < 1.29 is 14.0 Å². The zero-order chi connectivity index (χ0) is 18.0. The molecule has 4 aliphatic rings. The van der Waals surface area contributed by atoms with E-state index in [-0.39, 0.29) is 17.6 Å². The van der Waals surface area contributed by atoms with Crippen LogP contribution in [0.25, 0.3) is 0 Å². The number of rotatable bonds is 2. The highest BCUT2D eigenvalue weighted by molar-refractivity contribution is 6.01. The van der Waals surface area contributed by atoms with Crippen LogP contribution in [0.2, 0.25) is 0 Å². The minimum atomic E-state index is -0.489. The van der Waals surface area contributed by atoms with Crippen LogP contribution in [0.4, 0.5) is 4.39 Å². The summed E-state index contributed by atoms with van der Waals surface area (Å²) < 4.78 is 14.3. The number of piperidine rings is 1. The molecule has 0 spiro atoms. The lowest BCUT2D eigenvalue weighted by Gasteiger charge is -2.31. The van der Waals surface area contributed by atoms with Gasteiger partial charge in [0.05, 0.1) is 0 Å². The lowest BCUT2D eigenvalue weighted by molar-refractivity contribution is -0.126. The SMILES string of the molecule is C=C1CCC(N2Cc3c(cc(F)cc3C3CC4CCC3C4)C2=O)C(=O)N1. The molecular formula is C21H23FN2O2. The quantitative estimate of drug-likeness (QED) is 0.884. The largest absolute Gasteiger partial charge is 0.329 e. The summed E-state index contributed by atoms with van der Waals surface area (Å²) in [5.41, 5.74) is 3.12. The van der Waals surface area contributed by atoms with Gasteiger partial charge in [0.1, 0.15) is 11.9 Å². The molecule has 3 fully saturated rings. The zero-order valence-electron chi connectivity index (χ0n) is 14.8. The molecule has 0 radical (unpaired) electrons. The first-order chi connectivity index (χ1) is 12.5. The summed E-state index contributed by atoms with van der Waals surface area (Å²) in [6.45, 7) is 4.22. The van der Waals surface area contributed by atoms with Crippen LogP contribution >= 0.6 is 0 Å². The van der Waals surface area contributed by atoms with Gasteiger partial charge in [-0.05, 0) is 73.1 Å². The fraction of sp³-hybridized carbons (Fsp3) is 0.524. The molecular weight excluding hydrogens is 331 g/mol. The molecule has 1 aromatic rings. The van der Waals surface area contributed by atoms with E-state index in [0.29, 0.717) is 42.5 Å². The normalized spacial score (nSPS) is 33.0. The molecule has 1 aromatic carbocycles. The van der Waals surface area contributed by atoms with Gasteiger partial charge in [-0.1, -0.05) is 13.0 Å². The first-order valence-corrected chi connectivity index (χ1v) is 9.63. The summed E-state index contributed by atoms with van der Waals surface area (Å²) in [4.78, 5) is 26.9. The standard InChI is InChI=1S/C21H23FN2O2/c1-11-2-5-19(20(25)23-11)24-10-18-16(8-14(22)9-17(18)21(24)26)15-7-12-3-4-13(15)6-12/h8-9,12-13,15,19H,1-7,10H2,(H,23,25). The maximum absolute atomic E-state index is 14.3. The number of carbonyl (C=O) groups is 2. The fourth-order valence-electron chi connectivity index (χ4n) is 5.69. The summed E-state index contributed by atoms with van der Waals surface area (Å²) >= 11 is 0. The third-order valence-corrected chi connectivity index (χ3v) is 6.90. The molecule has 1 N–H and O–H groups in total. The molecule has 5 heteroatoms. The average molecular weight is 354 g/mol. The lowest BCUT2D eigenvalue weighted by Crippen LogP contribution is -2.49. The van der Waals surface area contributed by atoms with E-state index in [1.807, 2.05) is 0 Å². The van der Waals surface area contributed by atoms with E-state index in [2.05, 4.69) is 11.9 Å². The van der Waals surface area contributed by atoms with Gasteiger partial charge in [-0.25, -0.2) is 4.39 Å². The van der Waals surface area contributed by atoms with Crippen LogP contribution in [-0.4, -0.2) is 22.8 Å². The highest BCUT2D eigenvalue weighted by Gasteiger charge is 2.44. The molecule has 1 saturated heterocycles. The van der Waals surface area contributed by atoms with Crippen molar-refractivity contribution in [2.45, 2.75) is 57.0 Å². The van der Waals surface area contributed by atoms with E-state index in [4.69, 9.17) is 0 Å². The number of hydrogen-bond acceptors (Lipinski definition) is 2. The number of halogens is 1. The predicted molar refractivity (Wildman–Crippen MR) is 94.8 cm³/mol. The Morgan fingerprint density at radius 3 is 2.69 bits per heavy atom. The van der Waals surface area contributed by atoms with E-state index < -0.39 is 6.04 Å². The van der Waals surface area contributed by atoms with Crippen molar-refractivity contribution in [2.24, 2.45) is 11.8 Å². The van der Waals surface area contributed by atoms with Gasteiger partial charge in [0, 0.05) is 17.8 Å². The molecule has 4 nitrogen and oxygen atoms in total. The Hall–Kier alpha value is -2.17. The highest BCUT2D eigenvalue weighted by Crippen LogP contribution is 2.54. The first kappa shape index (κ1) is 16.0. The first-order valence-electron chi connectivity index (χ1n) is 9.63. The minimum absolute atomic E-state index is 0.177. The molecule has 26 heavy (non-hydrogen) atoms. The fourth-order valence-corrected chi connectivity index (χ4v) is 5.69. The van der Waals surface area contributed by atoms with Gasteiger partial charge < -0.3 is 10.2 Å². The van der Waals surface area contributed by atoms with Gasteiger partial charge >= 0.3 is 0 Å². The van der Waals surface area contributed by atoms with Crippen LogP contribution in [0.15, 0.2) is 24.4 Å². The molecule has 136 valence electrons. The van der Waals surface area contributed by atoms with Crippen LogP contribution in [0, 0.1) is 17.7 Å². The summed E-state index contributed by atoms with van der Waals surface area (Å²) in [7, 11) is 0. The number of nitrogens with one attached hydrogen (secondary N) is 1. The lowest BCUT2D eigenvalue weighted by atomic mass is 9.80. The molecule has 4 unspecified atom stereocenters. The Balaban J connectivity index is 1.49. The van der Waals surface area contributed by atoms with Crippen molar-refractivity contribution in [3.8, 4) is 0 Å². The summed E-state index contributed by atoms with van der Waals surface area (Å²) in [6, 6.07) is 2.51. The monoisotopic (exact) mass is 354 g/mol. The maximum Gasteiger partial charge on any atom is 0.255 e. The van der Waals surface area contributed by atoms with Crippen LogP contribution < -0.4 is 5.32 Å². The number of benzene rings is 1. The van der Waals surface area contributed by atoms with Gasteiger partial charge in [-0.3, -0.25) is 9.59 Å². The van der Waals surface area contributed by atoms with Crippen molar-refractivity contribution in [1.82, 2.24) is 10.2 Å². The second kappa shape index (κ2) is 5.66. The van der Waals surface area contributed by atoms with Gasteiger partial charge in [0.15, 0.2) is 0 Å². The number of hydrogen-bond donors (Lipinski definition) is 1. The number of fused-ring (bicyclic) bond motifs is 3. The second-order valence-electron chi connectivity index (χ2n) is 8.38. The van der Waals surface area contributed by atoms with Gasteiger partial charge in [-0.2, -0.15) is 0 Å². The van der Waals surface area contributed by atoms with Crippen LogP contribution in [0.3, 0.4) is 0 Å². The molecule has 2 heterocycles. The molecule has 2 aliphatic carbocycles. The Labute approximate surface area is 152 Å². The van der Waals surface area contributed by atoms with Crippen LogP contribution in [0.5, 0.6) is 0 Å². The Bertz CT molecular complexity index is 834. The van der Waals surface area contributed by atoms with Crippen LogP contribution in [-0.2, 0) is 11.3 Å². The average Bonchev–Trinajstić information content (AvgIpc) is 3.30. The highest BCUT2D eigenvalue weighted by atomic mass is 19.1. The van der Waals surface area contributed by atoms with E-state index in [9.17, 15) is 14.0 Å². The minimum Gasteiger partial charge on any atom is -0.329 e. The Morgan fingerprint density at radius 2 is 2.00 bits per heavy atom. The molecule has 5 rings (SSSR count). The molecule has 4 atom stereocenters. The topological polar surface area (TPSA) is 49.4 Å². The summed E-state index contributed by atoms with van der Waals surface area (Å²) in [6.07, 6.45) is 6.10. The van der Waals surface area contributed by atoms with Crippen molar-refractivity contribution in [3.63, 3.8) is 0 Å². The maximum atomic E-state index is 14.3. The van der Waals surface area contributed by atoms with E-state index in [1.165, 1.54) is 25.3 Å². The van der Waals surface area contributed by atoms with Crippen LogP contribution in [0.1, 0.15) is 65.9 Å². The number of carbonyl (C=O) groups excluding carboxylic acids is 2. The van der Waals surface area contributed by atoms with Crippen molar-refractivity contribution >= 4 is 11.8 Å². The van der Waals surface area contributed by atoms with E-state index in [1.54, 1.807) is 11.0 Å². The second-order valence-corrected chi connectivity index (χ2v) is 8.38. The Kier molecular flexibility index (Phi) is 3.49. The van der Waals surface area contributed by atoms with Gasteiger partial charge in [0.25, 0.3) is 5.91 Å². The Morgan fingerprint density at radius 1 is 1.15 bits per heavy atom. The molecule has 2 amide bonds. The third-order valence-electron chi connectivity index (χ3n) is 6.90. The molecule has 0 aromatic heterocycles. The van der Waals surface area contributed by atoms with Gasteiger partial charge in [0.2, 0.25) is 5.91 Å². The van der Waals surface area contributed by atoms with E-state index in [0.717, 1.165) is 23.5 Å². The smallest absolute Gasteiger partial charge is 0.255 e. The molecule has 2 saturated carbocycles. The number of allylic oxidation sites excluding steroid dienone is 1. The van der Waals surface area contributed by atoms with Crippen molar-refractivity contribution in [2.75, 3.05) is 0 Å². The summed E-state index contributed by atoms with van der Waals surface area (Å²) in [5, 5.41) is 2.76. The number of nitrogens with zero attached hydrogens (tertiary/aromatic N) is 1. The molecule has 2 aliphatic heterocycles. The summed E-state index contributed by atoms with van der Waals surface area (Å²) in [5.74, 6) is 1.02. The zero-order valence-corrected chi connectivity index (χ0v) is 14.8. The van der Waals surface area contributed by atoms with Crippen molar-refractivity contribution in [3.05, 3.63) is 46.9 Å². The van der Waals surface area contributed by atoms with E-state index >= 15 is 0 Å². The third kappa shape index (κ3) is 2.32. The number of amides is 2.